The molecule has 0 spiro atoms. The summed E-state index contributed by atoms with van der Waals surface area (Å²) in [6.45, 7) is 2.42. The standard InChI is InChI=1S/C21H22FN3O4S/c1-14-4-7-16(8-5-14)28-12-19-23-24-21(29-19)30-13-20(26)25(2)11-15-6-9-18(27-3)17(22)10-15/h4-10H,11-13H2,1-3H3. The minimum absolute atomic E-state index is 0.121. The molecule has 1 heterocycles. The van der Waals surface area contributed by atoms with Gasteiger partial charge in [-0.15, -0.1) is 10.2 Å². The van der Waals surface area contributed by atoms with E-state index in [2.05, 4.69) is 10.2 Å². The molecule has 3 aromatic rings. The number of methoxy groups -OCH3 is 1. The Hall–Kier alpha value is -3.07. The van der Waals surface area contributed by atoms with Crippen LogP contribution in [0.15, 0.2) is 52.1 Å². The van der Waals surface area contributed by atoms with Crippen LogP contribution in [0, 0.1) is 12.7 Å². The Balaban J connectivity index is 1.46. The first-order chi connectivity index (χ1) is 14.4. The van der Waals surface area contributed by atoms with Gasteiger partial charge in [0.2, 0.25) is 5.91 Å². The topological polar surface area (TPSA) is 77.7 Å². The van der Waals surface area contributed by atoms with Crippen LogP contribution in [0.2, 0.25) is 0 Å². The van der Waals surface area contributed by atoms with Gasteiger partial charge in [0.05, 0.1) is 12.9 Å². The minimum atomic E-state index is -0.462. The molecule has 2 aromatic carbocycles. The van der Waals surface area contributed by atoms with Crippen molar-refractivity contribution < 1.29 is 23.1 Å². The molecular formula is C21H22FN3O4S. The first-order valence-corrected chi connectivity index (χ1v) is 10.1. The molecule has 1 amide bonds. The van der Waals surface area contributed by atoms with Crippen molar-refractivity contribution in [3.05, 3.63) is 65.3 Å². The van der Waals surface area contributed by atoms with Crippen LogP contribution in [0.25, 0.3) is 0 Å². The maximum absolute atomic E-state index is 13.8. The first kappa shape index (κ1) is 21.6. The third-order valence-electron chi connectivity index (χ3n) is 4.21. The highest BCUT2D eigenvalue weighted by molar-refractivity contribution is 7.99. The predicted octanol–water partition coefficient (Wildman–Crippen LogP) is 3.86. The average Bonchev–Trinajstić information content (AvgIpc) is 3.19. The van der Waals surface area contributed by atoms with Crippen molar-refractivity contribution in [2.24, 2.45) is 0 Å². The van der Waals surface area contributed by atoms with Gasteiger partial charge < -0.3 is 18.8 Å². The zero-order chi connectivity index (χ0) is 21.5. The Kier molecular flexibility index (Phi) is 7.29. The van der Waals surface area contributed by atoms with Crippen LogP contribution < -0.4 is 9.47 Å². The van der Waals surface area contributed by atoms with Crippen LogP contribution in [0.5, 0.6) is 11.5 Å². The number of ether oxygens (including phenoxy) is 2. The summed E-state index contributed by atoms with van der Waals surface area (Å²) < 4.78 is 29.8. The Labute approximate surface area is 178 Å². The molecule has 7 nitrogen and oxygen atoms in total. The lowest BCUT2D eigenvalue weighted by atomic mass is 10.2. The lowest BCUT2D eigenvalue weighted by molar-refractivity contribution is -0.127. The highest BCUT2D eigenvalue weighted by Crippen LogP contribution is 2.20. The number of amides is 1. The second-order valence-electron chi connectivity index (χ2n) is 6.57. The molecule has 3 rings (SSSR count). The lowest BCUT2D eigenvalue weighted by Crippen LogP contribution is -2.27. The van der Waals surface area contributed by atoms with Gasteiger partial charge in [-0.2, -0.15) is 0 Å². The summed E-state index contributed by atoms with van der Waals surface area (Å²) in [5, 5.41) is 8.13. The van der Waals surface area contributed by atoms with Gasteiger partial charge in [-0.3, -0.25) is 4.79 Å². The summed E-state index contributed by atoms with van der Waals surface area (Å²) in [4.78, 5) is 13.9. The SMILES string of the molecule is COc1ccc(CN(C)C(=O)CSc2nnc(COc3ccc(C)cc3)o2)cc1F. The van der Waals surface area contributed by atoms with Crippen LogP contribution >= 0.6 is 11.8 Å². The van der Waals surface area contributed by atoms with Crippen LogP contribution in [0.1, 0.15) is 17.0 Å². The van der Waals surface area contributed by atoms with Crippen molar-refractivity contribution in [1.29, 1.82) is 0 Å². The summed E-state index contributed by atoms with van der Waals surface area (Å²) >= 11 is 1.14. The summed E-state index contributed by atoms with van der Waals surface area (Å²) in [7, 11) is 3.06. The molecule has 0 saturated carbocycles. The zero-order valence-corrected chi connectivity index (χ0v) is 17.7. The second-order valence-corrected chi connectivity index (χ2v) is 7.50. The number of rotatable bonds is 9. The fourth-order valence-electron chi connectivity index (χ4n) is 2.54. The van der Waals surface area contributed by atoms with E-state index in [-0.39, 0.29) is 35.8 Å². The number of aryl methyl sites for hydroxylation is 1. The van der Waals surface area contributed by atoms with E-state index in [0.717, 1.165) is 17.3 Å². The van der Waals surface area contributed by atoms with Crippen molar-refractivity contribution in [2.45, 2.75) is 25.3 Å². The van der Waals surface area contributed by atoms with Crippen molar-refractivity contribution in [1.82, 2.24) is 15.1 Å². The van der Waals surface area contributed by atoms with E-state index in [1.165, 1.54) is 24.1 Å². The van der Waals surface area contributed by atoms with Gasteiger partial charge in [0.1, 0.15) is 5.75 Å². The predicted molar refractivity (Wildman–Crippen MR) is 110 cm³/mol. The third-order valence-corrected chi connectivity index (χ3v) is 5.02. The number of hydrogen-bond acceptors (Lipinski definition) is 7. The highest BCUT2D eigenvalue weighted by Gasteiger charge is 2.14. The van der Waals surface area contributed by atoms with Gasteiger partial charge in [-0.05, 0) is 36.8 Å². The van der Waals surface area contributed by atoms with Crippen molar-refractivity contribution in [3.63, 3.8) is 0 Å². The van der Waals surface area contributed by atoms with E-state index in [1.54, 1.807) is 13.1 Å². The molecule has 0 aliphatic heterocycles. The second kappa shape index (κ2) is 10.1. The van der Waals surface area contributed by atoms with E-state index in [4.69, 9.17) is 13.9 Å². The first-order valence-electron chi connectivity index (χ1n) is 9.15. The molecule has 0 unspecified atom stereocenters. The molecule has 9 heteroatoms. The monoisotopic (exact) mass is 431 g/mol. The van der Waals surface area contributed by atoms with E-state index in [1.807, 2.05) is 31.2 Å². The Morgan fingerprint density at radius 2 is 1.97 bits per heavy atom. The number of hydrogen-bond donors (Lipinski definition) is 0. The largest absolute Gasteiger partial charge is 0.494 e. The minimum Gasteiger partial charge on any atom is -0.494 e. The Morgan fingerprint density at radius 3 is 2.67 bits per heavy atom. The third kappa shape index (κ3) is 5.96. The highest BCUT2D eigenvalue weighted by atomic mass is 32.2. The Bertz CT molecular complexity index is 994. The lowest BCUT2D eigenvalue weighted by Gasteiger charge is -2.17. The molecule has 1 aromatic heterocycles. The van der Waals surface area contributed by atoms with Crippen LogP contribution in [0.3, 0.4) is 0 Å². The summed E-state index contributed by atoms with van der Waals surface area (Å²) in [5.41, 5.74) is 1.81. The molecule has 158 valence electrons. The van der Waals surface area contributed by atoms with Crippen LogP contribution in [0.4, 0.5) is 4.39 Å². The molecule has 0 N–H and O–H groups in total. The fraction of sp³-hybridized carbons (Fsp3) is 0.286. The maximum Gasteiger partial charge on any atom is 0.277 e. The zero-order valence-electron chi connectivity index (χ0n) is 16.9. The number of carbonyl (C=O) groups excluding carboxylic acids is 1. The smallest absolute Gasteiger partial charge is 0.277 e. The molecule has 30 heavy (non-hydrogen) atoms. The van der Waals surface area contributed by atoms with Gasteiger partial charge in [-0.1, -0.05) is 35.5 Å². The Morgan fingerprint density at radius 1 is 1.20 bits per heavy atom. The molecule has 0 fully saturated rings. The summed E-state index contributed by atoms with van der Waals surface area (Å²) in [6.07, 6.45) is 0. The van der Waals surface area contributed by atoms with Gasteiger partial charge in [0.25, 0.3) is 11.1 Å². The molecule has 0 bridgehead atoms. The number of halogens is 1. The number of thioether (sulfide) groups is 1. The molecule has 0 saturated heterocycles. The molecule has 0 aliphatic rings. The van der Waals surface area contributed by atoms with E-state index in [0.29, 0.717) is 17.2 Å². The van der Waals surface area contributed by atoms with Gasteiger partial charge in [-0.25, -0.2) is 4.39 Å². The average molecular weight is 431 g/mol. The number of aromatic nitrogens is 2. The van der Waals surface area contributed by atoms with E-state index >= 15 is 0 Å². The van der Waals surface area contributed by atoms with Gasteiger partial charge in [0.15, 0.2) is 18.2 Å². The quantitative estimate of drug-likeness (QED) is 0.476. The van der Waals surface area contributed by atoms with Crippen LogP contribution in [-0.2, 0) is 17.9 Å². The number of carbonyl (C=O) groups is 1. The number of nitrogens with zero attached hydrogens (tertiary/aromatic N) is 3. The molecule has 0 atom stereocenters. The molecule has 0 radical (unpaired) electrons. The maximum atomic E-state index is 13.8. The molecule has 0 aliphatic carbocycles. The number of benzene rings is 2. The van der Waals surface area contributed by atoms with Gasteiger partial charge in [0, 0.05) is 13.6 Å². The van der Waals surface area contributed by atoms with Crippen molar-refractivity contribution in [3.8, 4) is 11.5 Å². The van der Waals surface area contributed by atoms with E-state index < -0.39 is 5.82 Å². The fourth-order valence-corrected chi connectivity index (χ4v) is 3.26. The van der Waals surface area contributed by atoms with Gasteiger partial charge >= 0.3 is 0 Å². The summed E-state index contributed by atoms with van der Waals surface area (Å²) in [5.74, 6) is 0.716. The van der Waals surface area contributed by atoms with Crippen molar-refractivity contribution in [2.75, 3.05) is 19.9 Å². The normalized spacial score (nSPS) is 10.7. The summed E-state index contributed by atoms with van der Waals surface area (Å²) in [6, 6.07) is 12.2. The molecular weight excluding hydrogens is 409 g/mol. The van der Waals surface area contributed by atoms with Crippen LogP contribution in [-0.4, -0.2) is 40.9 Å². The van der Waals surface area contributed by atoms with E-state index in [9.17, 15) is 9.18 Å². The van der Waals surface area contributed by atoms with Crippen molar-refractivity contribution >= 4 is 17.7 Å².